The molecule has 2 rings (SSSR count). The molecular weight excluding hydrogens is 239 g/mol. The standard InChI is InChI=1S/C16H23FN2/c1-12-6-7-14(10-15(12)17)16(11-18)19-9-8-13-4-2-3-5-13/h4,6-7,10,16,19H,2-3,5,8-9,11,18H2,1H3. The van der Waals surface area contributed by atoms with Crippen LogP contribution in [0.2, 0.25) is 0 Å². The molecule has 0 saturated carbocycles. The van der Waals surface area contributed by atoms with Crippen LogP contribution < -0.4 is 11.1 Å². The van der Waals surface area contributed by atoms with Gasteiger partial charge in [-0.2, -0.15) is 0 Å². The number of hydrogen-bond acceptors (Lipinski definition) is 2. The minimum absolute atomic E-state index is 0.0390. The number of aryl methyl sites for hydroxylation is 1. The van der Waals surface area contributed by atoms with Gasteiger partial charge in [0.25, 0.3) is 0 Å². The summed E-state index contributed by atoms with van der Waals surface area (Å²) in [6.07, 6.45) is 7.15. The van der Waals surface area contributed by atoms with Gasteiger partial charge < -0.3 is 11.1 Å². The molecule has 0 spiro atoms. The van der Waals surface area contributed by atoms with Crippen molar-refractivity contribution >= 4 is 0 Å². The number of allylic oxidation sites excluding steroid dienone is 1. The molecule has 1 aromatic rings. The first-order valence-corrected chi connectivity index (χ1v) is 7.08. The predicted octanol–water partition coefficient (Wildman–Crippen LogP) is 3.22. The summed E-state index contributed by atoms with van der Waals surface area (Å²) in [4.78, 5) is 0. The molecule has 104 valence electrons. The highest BCUT2D eigenvalue weighted by Gasteiger charge is 2.11. The smallest absolute Gasteiger partial charge is 0.126 e. The van der Waals surface area contributed by atoms with Gasteiger partial charge in [-0.3, -0.25) is 0 Å². The zero-order valence-electron chi connectivity index (χ0n) is 11.6. The van der Waals surface area contributed by atoms with Crippen LogP contribution in [0.25, 0.3) is 0 Å². The largest absolute Gasteiger partial charge is 0.329 e. The van der Waals surface area contributed by atoms with Gasteiger partial charge in [0.05, 0.1) is 0 Å². The van der Waals surface area contributed by atoms with E-state index in [1.807, 2.05) is 12.1 Å². The fourth-order valence-corrected chi connectivity index (χ4v) is 2.53. The van der Waals surface area contributed by atoms with Crippen LogP contribution in [0, 0.1) is 12.7 Å². The number of hydrogen-bond donors (Lipinski definition) is 2. The van der Waals surface area contributed by atoms with E-state index >= 15 is 0 Å². The molecule has 3 N–H and O–H groups in total. The molecule has 0 heterocycles. The third-order valence-corrected chi connectivity index (χ3v) is 3.81. The summed E-state index contributed by atoms with van der Waals surface area (Å²) in [5.74, 6) is -0.156. The van der Waals surface area contributed by atoms with E-state index in [2.05, 4.69) is 11.4 Å². The average molecular weight is 262 g/mol. The normalized spacial score (nSPS) is 16.5. The minimum Gasteiger partial charge on any atom is -0.329 e. The molecule has 3 heteroatoms. The summed E-state index contributed by atoms with van der Waals surface area (Å²) in [5.41, 5.74) is 8.94. The maximum atomic E-state index is 13.6. The van der Waals surface area contributed by atoms with E-state index in [4.69, 9.17) is 5.73 Å². The summed E-state index contributed by atoms with van der Waals surface area (Å²) >= 11 is 0. The first kappa shape index (κ1) is 14.2. The van der Waals surface area contributed by atoms with Crippen LogP contribution in [0.1, 0.15) is 42.9 Å². The fourth-order valence-electron chi connectivity index (χ4n) is 2.53. The van der Waals surface area contributed by atoms with E-state index < -0.39 is 0 Å². The second kappa shape index (κ2) is 6.83. The molecule has 1 atom stereocenters. The summed E-state index contributed by atoms with van der Waals surface area (Å²) in [5, 5.41) is 3.43. The van der Waals surface area contributed by atoms with Crippen molar-refractivity contribution in [1.82, 2.24) is 5.32 Å². The summed E-state index contributed by atoms with van der Waals surface area (Å²) < 4.78 is 13.6. The monoisotopic (exact) mass is 262 g/mol. The molecule has 0 radical (unpaired) electrons. The number of halogens is 1. The van der Waals surface area contributed by atoms with Crippen LogP contribution in [0.15, 0.2) is 29.8 Å². The molecule has 0 aromatic heterocycles. The predicted molar refractivity (Wildman–Crippen MR) is 77.5 cm³/mol. The highest BCUT2D eigenvalue weighted by atomic mass is 19.1. The van der Waals surface area contributed by atoms with Crippen molar-refractivity contribution in [3.05, 3.63) is 46.8 Å². The quantitative estimate of drug-likeness (QED) is 0.772. The first-order chi connectivity index (χ1) is 9.20. The highest BCUT2D eigenvalue weighted by molar-refractivity contribution is 5.26. The number of benzene rings is 1. The van der Waals surface area contributed by atoms with E-state index in [-0.39, 0.29) is 11.9 Å². The number of rotatable bonds is 6. The van der Waals surface area contributed by atoms with Crippen LogP contribution in [-0.2, 0) is 0 Å². The Hall–Kier alpha value is -1.19. The molecule has 2 nitrogen and oxygen atoms in total. The van der Waals surface area contributed by atoms with Crippen molar-refractivity contribution in [3.8, 4) is 0 Å². The zero-order chi connectivity index (χ0) is 13.7. The SMILES string of the molecule is Cc1ccc(C(CN)NCCC2=CCCC2)cc1F. The van der Waals surface area contributed by atoms with Crippen LogP contribution in [0.4, 0.5) is 4.39 Å². The second-order valence-corrected chi connectivity index (χ2v) is 5.26. The van der Waals surface area contributed by atoms with Crippen LogP contribution >= 0.6 is 0 Å². The Labute approximate surface area is 114 Å². The van der Waals surface area contributed by atoms with Crippen molar-refractivity contribution in [1.29, 1.82) is 0 Å². The van der Waals surface area contributed by atoms with Gasteiger partial charge in [-0.15, -0.1) is 0 Å². The first-order valence-electron chi connectivity index (χ1n) is 7.08. The Kier molecular flexibility index (Phi) is 5.11. The van der Waals surface area contributed by atoms with Gasteiger partial charge in [-0.05, 0) is 56.3 Å². The topological polar surface area (TPSA) is 38.0 Å². The van der Waals surface area contributed by atoms with Crippen molar-refractivity contribution < 1.29 is 4.39 Å². The van der Waals surface area contributed by atoms with E-state index in [0.717, 1.165) is 18.5 Å². The van der Waals surface area contributed by atoms with Gasteiger partial charge in [-0.25, -0.2) is 4.39 Å². The van der Waals surface area contributed by atoms with Gasteiger partial charge >= 0.3 is 0 Å². The van der Waals surface area contributed by atoms with Crippen LogP contribution in [0.3, 0.4) is 0 Å². The molecule has 1 aromatic carbocycles. The summed E-state index contributed by atoms with van der Waals surface area (Å²) in [6, 6.07) is 5.40. The van der Waals surface area contributed by atoms with Gasteiger partial charge in [0, 0.05) is 12.6 Å². The Bertz CT molecular complexity index is 454. The van der Waals surface area contributed by atoms with E-state index in [1.54, 1.807) is 18.6 Å². The zero-order valence-corrected chi connectivity index (χ0v) is 11.6. The lowest BCUT2D eigenvalue weighted by molar-refractivity contribution is 0.535. The van der Waals surface area contributed by atoms with Gasteiger partial charge in [0.2, 0.25) is 0 Å². The number of nitrogens with two attached hydrogens (primary N) is 1. The van der Waals surface area contributed by atoms with Gasteiger partial charge in [0.1, 0.15) is 5.82 Å². The maximum Gasteiger partial charge on any atom is 0.126 e. The molecule has 1 aliphatic carbocycles. The Morgan fingerprint density at radius 3 is 2.89 bits per heavy atom. The maximum absolute atomic E-state index is 13.6. The second-order valence-electron chi connectivity index (χ2n) is 5.26. The van der Waals surface area contributed by atoms with Crippen LogP contribution in [0.5, 0.6) is 0 Å². The third kappa shape index (κ3) is 3.88. The molecule has 0 aliphatic heterocycles. The molecule has 1 aliphatic rings. The summed E-state index contributed by atoms with van der Waals surface area (Å²) in [7, 11) is 0. The van der Waals surface area contributed by atoms with Gasteiger partial charge in [0.15, 0.2) is 0 Å². The molecular formula is C16H23FN2. The van der Waals surface area contributed by atoms with Gasteiger partial charge in [-0.1, -0.05) is 23.8 Å². The third-order valence-electron chi connectivity index (χ3n) is 3.81. The Morgan fingerprint density at radius 2 is 2.26 bits per heavy atom. The van der Waals surface area contributed by atoms with Crippen molar-refractivity contribution in [2.24, 2.45) is 5.73 Å². The Morgan fingerprint density at radius 1 is 1.42 bits per heavy atom. The lowest BCUT2D eigenvalue weighted by Gasteiger charge is -2.18. The van der Waals surface area contributed by atoms with E-state index in [0.29, 0.717) is 12.1 Å². The lowest BCUT2D eigenvalue weighted by atomic mass is 10.0. The van der Waals surface area contributed by atoms with E-state index in [1.165, 1.54) is 19.3 Å². The molecule has 0 fully saturated rings. The highest BCUT2D eigenvalue weighted by Crippen LogP contribution is 2.21. The molecule has 1 unspecified atom stereocenters. The molecule has 0 saturated heterocycles. The van der Waals surface area contributed by atoms with Crippen molar-refractivity contribution in [2.45, 2.75) is 38.6 Å². The molecule has 0 bridgehead atoms. The van der Waals surface area contributed by atoms with Crippen LogP contribution in [-0.4, -0.2) is 13.1 Å². The van der Waals surface area contributed by atoms with Crippen molar-refractivity contribution in [3.63, 3.8) is 0 Å². The fraction of sp³-hybridized carbons (Fsp3) is 0.500. The number of nitrogens with one attached hydrogen (secondary N) is 1. The van der Waals surface area contributed by atoms with E-state index in [9.17, 15) is 4.39 Å². The average Bonchev–Trinajstić information content (AvgIpc) is 2.91. The van der Waals surface area contributed by atoms with Crippen molar-refractivity contribution in [2.75, 3.05) is 13.1 Å². The lowest BCUT2D eigenvalue weighted by Crippen LogP contribution is -2.29. The molecule has 0 amide bonds. The molecule has 19 heavy (non-hydrogen) atoms. The minimum atomic E-state index is -0.156. The Balaban J connectivity index is 1.89. The summed E-state index contributed by atoms with van der Waals surface area (Å²) in [6.45, 7) is 3.17.